The van der Waals surface area contributed by atoms with Crippen LogP contribution >= 0.6 is 0 Å². The molecule has 1 aromatic carbocycles. The van der Waals surface area contributed by atoms with E-state index < -0.39 is 0 Å². The summed E-state index contributed by atoms with van der Waals surface area (Å²) in [5.41, 5.74) is 1.21. The fourth-order valence-corrected chi connectivity index (χ4v) is 2.00. The first-order chi connectivity index (χ1) is 8.85. The number of ether oxygens (including phenoxy) is 1. The van der Waals surface area contributed by atoms with Crippen molar-refractivity contribution in [2.24, 2.45) is 0 Å². The number of benzene rings is 1. The summed E-state index contributed by atoms with van der Waals surface area (Å²) in [6, 6.07) is 14.4. The molecule has 1 unspecified atom stereocenters. The highest BCUT2D eigenvalue weighted by atomic mass is 16.5. The maximum atomic E-state index is 5.81. The van der Waals surface area contributed by atoms with Gasteiger partial charge in [0.2, 0.25) is 0 Å². The van der Waals surface area contributed by atoms with Crippen molar-refractivity contribution in [1.29, 1.82) is 0 Å². The number of methoxy groups -OCH3 is 1. The zero-order valence-corrected chi connectivity index (χ0v) is 10.8. The molecule has 3 heteroatoms. The van der Waals surface area contributed by atoms with Crippen LogP contribution in [-0.2, 0) is 11.3 Å². The normalized spacial score (nSPS) is 12.6. The standard InChI is InChI=1S/C15H19NO2/c1-3-16-15(12-7-5-4-6-8-12)14-10-9-13(18-14)11-17-2/h4-10,15-16H,3,11H2,1-2H3. The van der Waals surface area contributed by atoms with Crippen molar-refractivity contribution >= 4 is 0 Å². The lowest BCUT2D eigenvalue weighted by molar-refractivity contribution is 0.162. The highest BCUT2D eigenvalue weighted by molar-refractivity contribution is 5.27. The van der Waals surface area contributed by atoms with Crippen LogP contribution in [0.2, 0.25) is 0 Å². The zero-order chi connectivity index (χ0) is 12.8. The van der Waals surface area contributed by atoms with Crippen LogP contribution in [0.15, 0.2) is 46.9 Å². The Morgan fingerprint density at radius 1 is 1.17 bits per heavy atom. The van der Waals surface area contributed by atoms with Crippen LogP contribution in [0.3, 0.4) is 0 Å². The van der Waals surface area contributed by atoms with Gasteiger partial charge in [0.05, 0.1) is 6.04 Å². The summed E-state index contributed by atoms with van der Waals surface area (Å²) >= 11 is 0. The van der Waals surface area contributed by atoms with Gasteiger partial charge in [0.15, 0.2) is 0 Å². The van der Waals surface area contributed by atoms with Crippen molar-refractivity contribution in [2.45, 2.75) is 19.6 Å². The molecule has 18 heavy (non-hydrogen) atoms. The quantitative estimate of drug-likeness (QED) is 0.849. The minimum absolute atomic E-state index is 0.0989. The highest BCUT2D eigenvalue weighted by Crippen LogP contribution is 2.24. The lowest BCUT2D eigenvalue weighted by Gasteiger charge is -2.15. The topological polar surface area (TPSA) is 34.4 Å². The number of hydrogen-bond donors (Lipinski definition) is 1. The lowest BCUT2D eigenvalue weighted by atomic mass is 10.0. The fourth-order valence-electron chi connectivity index (χ4n) is 2.00. The average molecular weight is 245 g/mol. The monoisotopic (exact) mass is 245 g/mol. The van der Waals surface area contributed by atoms with E-state index in [1.54, 1.807) is 7.11 Å². The number of rotatable bonds is 6. The number of hydrogen-bond acceptors (Lipinski definition) is 3. The Morgan fingerprint density at radius 3 is 2.61 bits per heavy atom. The number of furan rings is 1. The van der Waals surface area contributed by atoms with E-state index in [4.69, 9.17) is 9.15 Å². The molecular weight excluding hydrogens is 226 g/mol. The fraction of sp³-hybridized carbons (Fsp3) is 0.333. The Balaban J connectivity index is 2.23. The van der Waals surface area contributed by atoms with Crippen LogP contribution < -0.4 is 5.32 Å². The molecule has 0 fully saturated rings. The summed E-state index contributed by atoms with van der Waals surface area (Å²) in [6.45, 7) is 3.49. The minimum Gasteiger partial charge on any atom is -0.462 e. The largest absolute Gasteiger partial charge is 0.462 e. The molecule has 0 aliphatic carbocycles. The van der Waals surface area contributed by atoms with Crippen LogP contribution in [-0.4, -0.2) is 13.7 Å². The molecule has 0 spiro atoms. The van der Waals surface area contributed by atoms with E-state index in [0.29, 0.717) is 6.61 Å². The Hall–Kier alpha value is -1.58. The van der Waals surface area contributed by atoms with E-state index in [1.807, 2.05) is 30.3 Å². The van der Waals surface area contributed by atoms with Crippen LogP contribution in [0.1, 0.15) is 30.0 Å². The molecule has 2 rings (SSSR count). The van der Waals surface area contributed by atoms with E-state index >= 15 is 0 Å². The molecule has 0 saturated carbocycles. The van der Waals surface area contributed by atoms with E-state index in [0.717, 1.165) is 18.1 Å². The van der Waals surface area contributed by atoms with Crippen LogP contribution in [0.5, 0.6) is 0 Å². The maximum Gasteiger partial charge on any atom is 0.129 e. The van der Waals surface area contributed by atoms with Gasteiger partial charge in [-0.15, -0.1) is 0 Å². The highest BCUT2D eigenvalue weighted by Gasteiger charge is 2.16. The molecule has 2 aromatic rings. The smallest absolute Gasteiger partial charge is 0.129 e. The van der Waals surface area contributed by atoms with Gasteiger partial charge in [-0.25, -0.2) is 0 Å². The van der Waals surface area contributed by atoms with Crippen molar-refractivity contribution < 1.29 is 9.15 Å². The minimum atomic E-state index is 0.0989. The summed E-state index contributed by atoms with van der Waals surface area (Å²) in [5.74, 6) is 1.78. The second kappa shape index (κ2) is 6.38. The van der Waals surface area contributed by atoms with Crippen molar-refractivity contribution in [2.75, 3.05) is 13.7 Å². The molecule has 3 nitrogen and oxygen atoms in total. The predicted octanol–water partition coefficient (Wildman–Crippen LogP) is 3.12. The van der Waals surface area contributed by atoms with Crippen molar-refractivity contribution in [1.82, 2.24) is 5.32 Å². The van der Waals surface area contributed by atoms with Crippen LogP contribution in [0, 0.1) is 0 Å². The third-order valence-corrected chi connectivity index (χ3v) is 2.79. The molecule has 1 N–H and O–H groups in total. The molecule has 1 atom stereocenters. The first-order valence-corrected chi connectivity index (χ1v) is 6.21. The lowest BCUT2D eigenvalue weighted by Crippen LogP contribution is -2.21. The van der Waals surface area contributed by atoms with Crippen LogP contribution in [0.25, 0.3) is 0 Å². The van der Waals surface area contributed by atoms with E-state index in [-0.39, 0.29) is 6.04 Å². The van der Waals surface area contributed by atoms with Gasteiger partial charge in [-0.3, -0.25) is 0 Å². The summed E-state index contributed by atoms with van der Waals surface area (Å²) in [6.07, 6.45) is 0. The molecule has 0 amide bonds. The van der Waals surface area contributed by atoms with Gasteiger partial charge in [-0.05, 0) is 24.2 Å². The molecule has 0 aliphatic heterocycles. The van der Waals surface area contributed by atoms with Crippen molar-refractivity contribution in [3.8, 4) is 0 Å². The first-order valence-electron chi connectivity index (χ1n) is 6.21. The van der Waals surface area contributed by atoms with Gasteiger partial charge >= 0.3 is 0 Å². The van der Waals surface area contributed by atoms with E-state index in [1.165, 1.54) is 5.56 Å². The Morgan fingerprint density at radius 2 is 1.94 bits per heavy atom. The summed E-state index contributed by atoms with van der Waals surface area (Å²) in [5, 5.41) is 3.44. The molecule has 0 radical (unpaired) electrons. The van der Waals surface area contributed by atoms with Gasteiger partial charge in [0, 0.05) is 7.11 Å². The summed E-state index contributed by atoms with van der Waals surface area (Å²) in [7, 11) is 1.67. The maximum absolute atomic E-state index is 5.81. The van der Waals surface area contributed by atoms with Crippen LogP contribution in [0.4, 0.5) is 0 Å². The van der Waals surface area contributed by atoms with Gasteiger partial charge < -0.3 is 14.5 Å². The zero-order valence-electron chi connectivity index (χ0n) is 10.8. The van der Waals surface area contributed by atoms with Gasteiger partial charge in [-0.1, -0.05) is 37.3 Å². The molecule has 1 aromatic heterocycles. The van der Waals surface area contributed by atoms with Crippen molar-refractivity contribution in [3.05, 3.63) is 59.5 Å². The molecule has 96 valence electrons. The van der Waals surface area contributed by atoms with Gasteiger partial charge in [-0.2, -0.15) is 0 Å². The summed E-state index contributed by atoms with van der Waals surface area (Å²) < 4.78 is 10.9. The van der Waals surface area contributed by atoms with Gasteiger partial charge in [0.1, 0.15) is 18.1 Å². The Kier molecular flexibility index (Phi) is 4.56. The molecule has 0 aliphatic rings. The Bertz CT molecular complexity index is 464. The molecule has 0 saturated heterocycles. The van der Waals surface area contributed by atoms with Crippen molar-refractivity contribution in [3.63, 3.8) is 0 Å². The predicted molar refractivity (Wildman–Crippen MR) is 71.4 cm³/mol. The summed E-state index contributed by atoms with van der Waals surface area (Å²) in [4.78, 5) is 0. The molecular formula is C15H19NO2. The van der Waals surface area contributed by atoms with E-state index in [2.05, 4.69) is 24.4 Å². The first kappa shape index (κ1) is 12.9. The SMILES string of the molecule is CCNC(c1ccccc1)c1ccc(COC)o1. The average Bonchev–Trinajstić information content (AvgIpc) is 2.86. The number of nitrogens with one attached hydrogen (secondary N) is 1. The van der Waals surface area contributed by atoms with Gasteiger partial charge in [0.25, 0.3) is 0 Å². The molecule has 1 heterocycles. The molecule has 0 bridgehead atoms. The van der Waals surface area contributed by atoms with E-state index in [9.17, 15) is 0 Å². The third-order valence-electron chi connectivity index (χ3n) is 2.79. The second-order valence-electron chi connectivity index (χ2n) is 4.14. The third kappa shape index (κ3) is 3.00. The second-order valence-corrected chi connectivity index (χ2v) is 4.14. The Labute approximate surface area is 108 Å².